The van der Waals surface area contributed by atoms with Crippen LogP contribution in [-0.4, -0.2) is 54.1 Å². The SMILES string of the molecule is CCn1c(C#CCNc2ccc(C)[nH+]c2)cc2cc(CN3CCC(N(C)C)CC3)ccc21. The fraction of sp³-hybridized carbons (Fsp3) is 0.444. The molecule has 0 aliphatic carbocycles. The Labute approximate surface area is 192 Å². The van der Waals surface area contributed by atoms with Gasteiger partial charge in [0.15, 0.2) is 11.9 Å². The number of nitrogens with one attached hydrogen (secondary N) is 2. The number of benzene rings is 1. The standard InChI is InChI=1S/C27H35N5/c1-5-32-26(7-6-14-28-24-10-8-21(2)29-19-24)18-23-17-22(9-11-27(23)32)20-31-15-12-25(13-16-31)30(3)4/h8-11,17-19,25,28H,5,12-16,20H2,1-4H3/p+1. The number of aryl methyl sites for hydroxylation is 2. The van der Waals surface area contributed by atoms with Crippen LogP contribution in [-0.2, 0) is 13.1 Å². The van der Waals surface area contributed by atoms with Crippen molar-refractivity contribution in [3.05, 3.63) is 59.5 Å². The lowest BCUT2D eigenvalue weighted by atomic mass is 10.0. The van der Waals surface area contributed by atoms with Crippen LogP contribution in [0.1, 0.15) is 36.7 Å². The van der Waals surface area contributed by atoms with Crippen LogP contribution in [0, 0.1) is 18.8 Å². The Morgan fingerprint density at radius 3 is 2.62 bits per heavy atom. The smallest absolute Gasteiger partial charge is 0.190 e. The number of fused-ring (bicyclic) bond motifs is 1. The maximum Gasteiger partial charge on any atom is 0.190 e. The van der Waals surface area contributed by atoms with Crippen molar-refractivity contribution in [3.8, 4) is 11.8 Å². The molecule has 1 saturated heterocycles. The summed E-state index contributed by atoms with van der Waals surface area (Å²) in [5.41, 5.74) is 5.95. The highest BCUT2D eigenvalue weighted by atomic mass is 15.2. The molecule has 1 aromatic carbocycles. The predicted molar refractivity (Wildman–Crippen MR) is 133 cm³/mol. The van der Waals surface area contributed by atoms with Crippen LogP contribution in [0.4, 0.5) is 5.69 Å². The van der Waals surface area contributed by atoms with Crippen LogP contribution in [0.3, 0.4) is 0 Å². The fourth-order valence-electron chi connectivity index (χ4n) is 4.61. The summed E-state index contributed by atoms with van der Waals surface area (Å²) in [6, 6.07) is 14.0. The van der Waals surface area contributed by atoms with Crippen molar-refractivity contribution in [2.45, 2.75) is 45.8 Å². The van der Waals surface area contributed by atoms with Gasteiger partial charge in [-0.2, -0.15) is 0 Å². The third-order valence-corrected chi connectivity index (χ3v) is 6.54. The summed E-state index contributed by atoms with van der Waals surface area (Å²) in [5, 5.41) is 4.65. The van der Waals surface area contributed by atoms with E-state index in [1.54, 1.807) is 0 Å². The van der Waals surface area contributed by atoms with E-state index >= 15 is 0 Å². The third-order valence-electron chi connectivity index (χ3n) is 6.54. The average Bonchev–Trinajstić information content (AvgIpc) is 3.15. The van der Waals surface area contributed by atoms with Crippen LogP contribution < -0.4 is 10.3 Å². The minimum Gasteiger partial charge on any atom is -0.369 e. The zero-order valence-electron chi connectivity index (χ0n) is 19.9. The molecule has 5 nitrogen and oxygen atoms in total. The molecule has 0 amide bonds. The quantitative estimate of drug-likeness (QED) is 0.605. The highest BCUT2D eigenvalue weighted by molar-refractivity contribution is 5.83. The van der Waals surface area contributed by atoms with Gasteiger partial charge < -0.3 is 14.8 Å². The summed E-state index contributed by atoms with van der Waals surface area (Å²) < 4.78 is 2.31. The number of rotatable bonds is 6. The van der Waals surface area contributed by atoms with E-state index in [2.05, 4.69) is 93.9 Å². The minimum absolute atomic E-state index is 0.621. The van der Waals surface area contributed by atoms with Gasteiger partial charge in [0.2, 0.25) is 0 Å². The van der Waals surface area contributed by atoms with Gasteiger partial charge in [-0.3, -0.25) is 4.90 Å². The monoisotopic (exact) mass is 430 g/mol. The molecule has 32 heavy (non-hydrogen) atoms. The summed E-state index contributed by atoms with van der Waals surface area (Å²) in [5.74, 6) is 6.66. The minimum atomic E-state index is 0.621. The van der Waals surface area contributed by atoms with Crippen LogP contribution in [0.5, 0.6) is 0 Å². The van der Waals surface area contributed by atoms with Crippen molar-refractivity contribution in [2.75, 3.05) is 39.0 Å². The molecule has 3 heterocycles. The van der Waals surface area contributed by atoms with E-state index in [1.165, 1.54) is 42.4 Å². The molecule has 0 unspecified atom stereocenters. The first-order valence-corrected chi connectivity index (χ1v) is 11.8. The molecule has 2 N–H and O–H groups in total. The van der Waals surface area contributed by atoms with Crippen molar-refractivity contribution in [3.63, 3.8) is 0 Å². The van der Waals surface area contributed by atoms with Crippen LogP contribution in [0.2, 0.25) is 0 Å². The van der Waals surface area contributed by atoms with Gasteiger partial charge in [-0.25, -0.2) is 4.98 Å². The predicted octanol–water partition coefficient (Wildman–Crippen LogP) is 3.77. The number of pyridine rings is 1. The number of hydrogen-bond acceptors (Lipinski definition) is 3. The summed E-state index contributed by atoms with van der Waals surface area (Å²) >= 11 is 0. The Morgan fingerprint density at radius 1 is 1.12 bits per heavy atom. The molecule has 4 rings (SSSR count). The molecule has 0 radical (unpaired) electrons. The molecule has 3 aromatic rings. The lowest BCUT2D eigenvalue weighted by molar-refractivity contribution is -0.386. The molecule has 1 aliphatic heterocycles. The van der Waals surface area contributed by atoms with Crippen molar-refractivity contribution in [1.82, 2.24) is 14.4 Å². The Morgan fingerprint density at radius 2 is 1.94 bits per heavy atom. The lowest BCUT2D eigenvalue weighted by Crippen LogP contribution is -2.41. The Bertz CT molecular complexity index is 1090. The number of hydrogen-bond donors (Lipinski definition) is 1. The zero-order valence-corrected chi connectivity index (χ0v) is 19.9. The molecule has 1 aliphatic rings. The molecule has 2 aromatic heterocycles. The topological polar surface area (TPSA) is 37.6 Å². The van der Waals surface area contributed by atoms with E-state index in [0.29, 0.717) is 6.54 Å². The van der Waals surface area contributed by atoms with Crippen molar-refractivity contribution in [2.24, 2.45) is 0 Å². The van der Waals surface area contributed by atoms with Gasteiger partial charge in [0, 0.05) is 43.0 Å². The maximum absolute atomic E-state index is 3.38. The number of aromatic nitrogens is 2. The van der Waals surface area contributed by atoms with Gasteiger partial charge in [-0.05, 0) is 82.7 Å². The average molecular weight is 431 g/mol. The van der Waals surface area contributed by atoms with Gasteiger partial charge in [-0.15, -0.1) is 0 Å². The molecular weight excluding hydrogens is 394 g/mol. The number of likely N-dealkylation sites (tertiary alicyclic amines) is 1. The Hall–Kier alpha value is -2.81. The largest absolute Gasteiger partial charge is 0.369 e. The second kappa shape index (κ2) is 10.2. The number of anilines is 1. The molecule has 5 heteroatoms. The van der Waals surface area contributed by atoms with Gasteiger partial charge in [0.1, 0.15) is 0 Å². The summed E-state index contributed by atoms with van der Waals surface area (Å²) in [4.78, 5) is 8.17. The number of H-pyrrole nitrogens is 1. The molecule has 168 valence electrons. The molecular formula is C27H36N5+. The summed E-state index contributed by atoms with van der Waals surface area (Å²) in [6.45, 7) is 9.17. The van der Waals surface area contributed by atoms with Crippen molar-refractivity contribution >= 4 is 16.6 Å². The van der Waals surface area contributed by atoms with Gasteiger partial charge >= 0.3 is 0 Å². The van der Waals surface area contributed by atoms with Crippen LogP contribution in [0.15, 0.2) is 42.6 Å². The molecule has 0 atom stereocenters. The summed E-state index contributed by atoms with van der Waals surface area (Å²) in [7, 11) is 4.40. The Balaban J connectivity index is 1.43. The number of aromatic amines is 1. The number of nitrogens with zero attached hydrogens (tertiary/aromatic N) is 3. The highest BCUT2D eigenvalue weighted by Crippen LogP contribution is 2.23. The lowest BCUT2D eigenvalue weighted by Gasteiger charge is -2.35. The van der Waals surface area contributed by atoms with Crippen molar-refractivity contribution in [1.29, 1.82) is 0 Å². The first-order chi connectivity index (χ1) is 15.5. The maximum atomic E-state index is 3.38. The van der Waals surface area contributed by atoms with E-state index in [-0.39, 0.29) is 0 Å². The second-order valence-corrected chi connectivity index (χ2v) is 9.05. The zero-order chi connectivity index (χ0) is 22.5. The third kappa shape index (κ3) is 5.32. The van der Waals surface area contributed by atoms with E-state index in [0.717, 1.165) is 36.2 Å². The number of piperidine rings is 1. The van der Waals surface area contributed by atoms with E-state index in [4.69, 9.17) is 0 Å². The van der Waals surface area contributed by atoms with Crippen molar-refractivity contribution < 1.29 is 4.98 Å². The molecule has 1 fully saturated rings. The molecule has 0 saturated carbocycles. The van der Waals surface area contributed by atoms with E-state index in [1.807, 2.05) is 13.1 Å². The van der Waals surface area contributed by atoms with Gasteiger partial charge in [0.25, 0.3) is 0 Å². The van der Waals surface area contributed by atoms with E-state index in [9.17, 15) is 0 Å². The Kier molecular flexibility index (Phi) is 7.14. The first-order valence-electron chi connectivity index (χ1n) is 11.8. The fourth-order valence-corrected chi connectivity index (χ4v) is 4.61. The van der Waals surface area contributed by atoms with Crippen LogP contribution >= 0.6 is 0 Å². The first kappa shape index (κ1) is 22.4. The second-order valence-electron chi connectivity index (χ2n) is 9.05. The molecule has 0 bridgehead atoms. The van der Waals surface area contributed by atoms with Crippen LogP contribution in [0.25, 0.3) is 10.9 Å². The van der Waals surface area contributed by atoms with Gasteiger partial charge in [0.05, 0.1) is 17.9 Å². The normalized spacial score (nSPS) is 15.2. The molecule has 0 spiro atoms. The highest BCUT2D eigenvalue weighted by Gasteiger charge is 2.20. The van der Waals surface area contributed by atoms with Gasteiger partial charge in [-0.1, -0.05) is 12.0 Å². The summed E-state index contributed by atoms with van der Waals surface area (Å²) in [6.07, 6.45) is 4.50. The van der Waals surface area contributed by atoms with E-state index < -0.39 is 0 Å².